The summed E-state index contributed by atoms with van der Waals surface area (Å²) >= 11 is 1.71. The molecule has 2 aromatic rings. The lowest BCUT2D eigenvalue weighted by Crippen LogP contribution is -2.49. The number of aryl methyl sites for hydroxylation is 1. The molecular formula is C20H23N3O3S. The van der Waals surface area contributed by atoms with Gasteiger partial charge in [-0.05, 0) is 42.0 Å². The van der Waals surface area contributed by atoms with Crippen molar-refractivity contribution >= 4 is 29.1 Å². The van der Waals surface area contributed by atoms with Crippen LogP contribution in [0.15, 0.2) is 41.8 Å². The van der Waals surface area contributed by atoms with E-state index in [1.165, 1.54) is 4.88 Å². The maximum atomic E-state index is 12.4. The van der Waals surface area contributed by atoms with Crippen molar-refractivity contribution < 1.29 is 14.4 Å². The third-order valence-corrected chi connectivity index (χ3v) is 5.36. The molecule has 27 heavy (non-hydrogen) atoms. The number of piperazine rings is 1. The lowest BCUT2D eigenvalue weighted by molar-refractivity contribution is -0.123. The van der Waals surface area contributed by atoms with E-state index in [2.05, 4.69) is 16.7 Å². The van der Waals surface area contributed by atoms with Crippen LogP contribution in [0.4, 0.5) is 0 Å². The highest BCUT2D eigenvalue weighted by Gasteiger charge is 2.22. The Morgan fingerprint density at radius 2 is 2.00 bits per heavy atom. The zero-order valence-electron chi connectivity index (χ0n) is 15.1. The Bertz CT molecular complexity index is 787. The largest absolute Gasteiger partial charge is 0.353 e. The number of nitrogens with one attached hydrogen (secondary N) is 2. The van der Waals surface area contributed by atoms with Gasteiger partial charge in [0.2, 0.25) is 11.8 Å². The quantitative estimate of drug-likeness (QED) is 0.765. The van der Waals surface area contributed by atoms with E-state index in [1.807, 2.05) is 23.6 Å². The van der Waals surface area contributed by atoms with Crippen molar-refractivity contribution in [3.8, 4) is 0 Å². The van der Waals surface area contributed by atoms with Crippen molar-refractivity contribution in [3.63, 3.8) is 0 Å². The van der Waals surface area contributed by atoms with Crippen molar-refractivity contribution in [2.24, 2.45) is 0 Å². The van der Waals surface area contributed by atoms with E-state index in [0.29, 0.717) is 31.6 Å². The summed E-state index contributed by atoms with van der Waals surface area (Å²) in [7, 11) is 0. The minimum atomic E-state index is -0.144. The molecule has 0 saturated carbocycles. The number of nitrogens with zero attached hydrogens (tertiary/aromatic N) is 1. The summed E-state index contributed by atoms with van der Waals surface area (Å²) in [5.74, 6) is -0.243. The van der Waals surface area contributed by atoms with E-state index in [1.54, 1.807) is 28.4 Å². The monoisotopic (exact) mass is 385 g/mol. The first-order chi connectivity index (χ1) is 13.1. The number of benzene rings is 1. The zero-order chi connectivity index (χ0) is 19.1. The van der Waals surface area contributed by atoms with E-state index in [9.17, 15) is 14.4 Å². The fourth-order valence-electron chi connectivity index (χ4n) is 2.93. The van der Waals surface area contributed by atoms with Crippen LogP contribution in [-0.2, 0) is 22.6 Å². The standard InChI is InChI=1S/C20H23N3O3S/c24-18(5-1-3-17-4-2-12-27-17)22-13-15-6-8-16(9-7-15)20(26)23-11-10-21-19(25)14-23/h2,4,6-9,12H,1,3,5,10-11,13-14H2,(H,21,25)(H,22,24). The second-order valence-electron chi connectivity index (χ2n) is 6.48. The van der Waals surface area contributed by atoms with Gasteiger partial charge < -0.3 is 15.5 Å². The molecule has 0 unspecified atom stereocenters. The Kier molecular flexibility index (Phi) is 6.59. The molecule has 1 aromatic carbocycles. The number of carbonyl (C=O) groups excluding carboxylic acids is 3. The molecule has 3 amide bonds. The van der Waals surface area contributed by atoms with Gasteiger partial charge in [-0.25, -0.2) is 0 Å². The molecule has 1 aliphatic heterocycles. The lowest BCUT2D eigenvalue weighted by Gasteiger charge is -2.26. The Balaban J connectivity index is 1.42. The van der Waals surface area contributed by atoms with Crippen LogP contribution < -0.4 is 10.6 Å². The third kappa shape index (κ3) is 5.65. The summed E-state index contributed by atoms with van der Waals surface area (Å²) in [5.41, 5.74) is 1.49. The molecule has 2 heterocycles. The highest BCUT2D eigenvalue weighted by atomic mass is 32.1. The molecular weight excluding hydrogens is 362 g/mol. The van der Waals surface area contributed by atoms with Gasteiger partial charge in [-0.15, -0.1) is 11.3 Å². The van der Waals surface area contributed by atoms with Crippen LogP contribution in [0.1, 0.15) is 33.6 Å². The van der Waals surface area contributed by atoms with Crippen molar-refractivity contribution in [3.05, 3.63) is 57.8 Å². The molecule has 3 rings (SSSR count). The van der Waals surface area contributed by atoms with E-state index in [0.717, 1.165) is 18.4 Å². The molecule has 0 radical (unpaired) electrons. The van der Waals surface area contributed by atoms with Gasteiger partial charge in [-0.3, -0.25) is 14.4 Å². The van der Waals surface area contributed by atoms with Crippen LogP contribution >= 0.6 is 11.3 Å². The van der Waals surface area contributed by atoms with E-state index >= 15 is 0 Å². The average Bonchev–Trinajstić information content (AvgIpc) is 3.20. The van der Waals surface area contributed by atoms with Gasteiger partial charge in [0.05, 0.1) is 6.54 Å². The molecule has 2 N–H and O–H groups in total. The lowest BCUT2D eigenvalue weighted by atomic mass is 10.1. The van der Waals surface area contributed by atoms with E-state index < -0.39 is 0 Å². The van der Waals surface area contributed by atoms with Gasteiger partial charge in [0.1, 0.15) is 0 Å². The summed E-state index contributed by atoms with van der Waals surface area (Å²) in [5, 5.41) is 7.66. The van der Waals surface area contributed by atoms with Crippen LogP contribution in [0.5, 0.6) is 0 Å². The second kappa shape index (κ2) is 9.32. The van der Waals surface area contributed by atoms with Crippen LogP contribution in [0.2, 0.25) is 0 Å². The maximum Gasteiger partial charge on any atom is 0.254 e. The average molecular weight is 385 g/mol. The van der Waals surface area contributed by atoms with Gasteiger partial charge in [-0.1, -0.05) is 18.2 Å². The molecule has 7 heteroatoms. The van der Waals surface area contributed by atoms with E-state index in [4.69, 9.17) is 0 Å². The number of carbonyl (C=O) groups is 3. The predicted octanol–water partition coefficient (Wildman–Crippen LogP) is 1.96. The molecule has 1 aliphatic rings. The summed E-state index contributed by atoms with van der Waals surface area (Å²) in [4.78, 5) is 38.6. The summed E-state index contributed by atoms with van der Waals surface area (Å²) in [6.07, 6.45) is 2.27. The first-order valence-electron chi connectivity index (χ1n) is 9.06. The second-order valence-corrected chi connectivity index (χ2v) is 7.52. The molecule has 1 saturated heterocycles. The predicted molar refractivity (Wildman–Crippen MR) is 104 cm³/mol. The number of rotatable bonds is 7. The fraction of sp³-hybridized carbons (Fsp3) is 0.350. The minimum Gasteiger partial charge on any atom is -0.353 e. The first kappa shape index (κ1) is 19.1. The van der Waals surface area contributed by atoms with Crippen molar-refractivity contribution in [1.82, 2.24) is 15.5 Å². The Morgan fingerprint density at radius 3 is 2.70 bits per heavy atom. The van der Waals surface area contributed by atoms with Crippen molar-refractivity contribution in [2.75, 3.05) is 19.6 Å². The topological polar surface area (TPSA) is 78.5 Å². The number of amides is 3. The normalized spacial score (nSPS) is 13.9. The third-order valence-electron chi connectivity index (χ3n) is 4.42. The number of hydrogen-bond donors (Lipinski definition) is 2. The molecule has 142 valence electrons. The first-order valence-corrected chi connectivity index (χ1v) is 9.94. The highest BCUT2D eigenvalue weighted by Crippen LogP contribution is 2.12. The molecule has 1 fully saturated rings. The summed E-state index contributed by atoms with van der Waals surface area (Å²) in [6.45, 7) is 1.55. The Morgan fingerprint density at radius 1 is 1.19 bits per heavy atom. The van der Waals surface area contributed by atoms with Crippen molar-refractivity contribution in [1.29, 1.82) is 0 Å². The van der Waals surface area contributed by atoms with Gasteiger partial charge in [0.25, 0.3) is 5.91 Å². The molecule has 0 aliphatic carbocycles. The van der Waals surface area contributed by atoms with Crippen LogP contribution in [-0.4, -0.2) is 42.3 Å². The zero-order valence-corrected chi connectivity index (χ0v) is 15.9. The number of hydrogen-bond acceptors (Lipinski definition) is 4. The van der Waals surface area contributed by atoms with Crippen LogP contribution in [0, 0.1) is 0 Å². The molecule has 0 spiro atoms. The summed E-state index contributed by atoms with van der Waals surface area (Å²) in [6, 6.07) is 11.3. The van der Waals surface area contributed by atoms with Gasteiger partial charge in [0, 0.05) is 36.5 Å². The van der Waals surface area contributed by atoms with Gasteiger partial charge >= 0.3 is 0 Å². The van der Waals surface area contributed by atoms with Crippen molar-refractivity contribution in [2.45, 2.75) is 25.8 Å². The molecule has 0 atom stereocenters. The number of thiophene rings is 1. The Labute approximate surface area is 162 Å². The SMILES string of the molecule is O=C(CCCc1cccs1)NCc1ccc(C(=O)N2CCNC(=O)C2)cc1. The van der Waals surface area contributed by atoms with Gasteiger partial charge in [0.15, 0.2) is 0 Å². The molecule has 1 aromatic heterocycles. The molecule has 0 bridgehead atoms. The van der Waals surface area contributed by atoms with Crippen LogP contribution in [0.25, 0.3) is 0 Å². The highest BCUT2D eigenvalue weighted by molar-refractivity contribution is 7.09. The summed E-state index contributed by atoms with van der Waals surface area (Å²) < 4.78 is 0. The molecule has 6 nitrogen and oxygen atoms in total. The van der Waals surface area contributed by atoms with Crippen LogP contribution in [0.3, 0.4) is 0 Å². The Hall–Kier alpha value is -2.67. The minimum absolute atomic E-state index is 0.0334. The fourth-order valence-corrected chi connectivity index (χ4v) is 3.68. The van der Waals surface area contributed by atoms with Gasteiger partial charge in [-0.2, -0.15) is 0 Å². The smallest absolute Gasteiger partial charge is 0.254 e. The van der Waals surface area contributed by atoms with E-state index in [-0.39, 0.29) is 24.3 Å². The maximum absolute atomic E-state index is 12.4.